The van der Waals surface area contributed by atoms with Gasteiger partial charge in [-0.25, -0.2) is 4.98 Å². The molecule has 5 nitrogen and oxygen atoms in total. The molecule has 0 spiro atoms. The normalized spacial score (nSPS) is 21.0. The maximum Gasteiger partial charge on any atom is 0.146 e. The fourth-order valence-electron chi connectivity index (χ4n) is 3.28. The molecule has 1 fully saturated rings. The third kappa shape index (κ3) is 2.95. The zero-order valence-corrected chi connectivity index (χ0v) is 13.6. The van der Waals surface area contributed by atoms with Gasteiger partial charge < -0.3 is 19.6 Å². The van der Waals surface area contributed by atoms with Crippen LogP contribution in [0.2, 0.25) is 0 Å². The Balaban J connectivity index is 1.71. The molecule has 124 valence electrons. The zero-order valence-electron chi connectivity index (χ0n) is 13.6. The highest BCUT2D eigenvalue weighted by atomic mass is 16.5. The molecule has 1 aliphatic heterocycles. The number of piperidine rings is 1. The van der Waals surface area contributed by atoms with E-state index in [0.717, 1.165) is 41.8 Å². The van der Waals surface area contributed by atoms with E-state index in [1.54, 1.807) is 18.5 Å². The molecule has 0 aliphatic carbocycles. The first-order chi connectivity index (χ1) is 11.7. The summed E-state index contributed by atoms with van der Waals surface area (Å²) in [5.41, 5.74) is 3.05. The lowest BCUT2D eigenvalue weighted by Gasteiger charge is -2.28. The highest BCUT2D eigenvalue weighted by molar-refractivity contribution is 5.71. The molecule has 5 heteroatoms. The average Bonchev–Trinajstić information content (AvgIpc) is 3.04. The van der Waals surface area contributed by atoms with Crippen molar-refractivity contribution in [3.8, 4) is 22.6 Å². The Morgan fingerprint density at radius 3 is 2.88 bits per heavy atom. The Bertz CT molecular complexity index is 841. The highest BCUT2D eigenvalue weighted by Crippen LogP contribution is 2.30. The van der Waals surface area contributed by atoms with E-state index < -0.39 is 0 Å². The molecule has 0 amide bonds. The molecular formula is C19H21N3O2. The van der Waals surface area contributed by atoms with Gasteiger partial charge in [0.1, 0.15) is 23.1 Å². The molecule has 3 heterocycles. The summed E-state index contributed by atoms with van der Waals surface area (Å²) in [4.78, 5) is 4.25. The number of nitrogens with one attached hydrogen (secondary N) is 1. The number of aromatic hydroxyl groups is 1. The van der Waals surface area contributed by atoms with Gasteiger partial charge >= 0.3 is 0 Å². The number of rotatable bonds is 3. The molecule has 4 rings (SSSR count). The van der Waals surface area contributed by atoms with Gasteiger partial charge in [0.2, 0.25) is 0 Å². The van der Waals surface area contributed by atoms with Crippen LogP contribution in [0.5, 0.6) is 11.5 Å². The second kappa shape index (κ2) is 6.17. The van der Waals surface area contributed by atoms with Gasteiger partial charge in [-0.05, 0) is 50.1 Å². The van der Waals surface area contributed by atoms with Crippen molar-refractivity contribution in [1.29, 1.82) is 0 Å². The van der Waals surface area contributed by atoms with E-state index in [-0.39, 0.29) is 11.9 Å². The van der Waals surface area contributed by atoms with E-state index >= 15 is 0 Å². The molecule has 0 saturated carbocycles. The Hall–Kier alpha value is -2.53. The van der Waals surface area contributed by atoms with Crippen LogP contribution in [0.25, 0.3) is 16.6 Å². The highest BCUT2D eigenvalue weighted by Gasteiger charge is 2.21. The second-order valence-corrected chi connectivity index (χ2v) is 6.45. The van der Waals surface area contributed by atoms with Crippen molar-refractivity contribution in [3.05, 3.63) is 49.1 Å². The smallest absolute Gasteiger partial charge is 0.146 e. The van der Waals surface area contributed by atoms with Crippen molar-refractivity contribution in [2.75, 3.05) is 6.54 Å². The van der Waals surface area contributed by atoms with Crippen LogP contribution in [-0.4, -0.2) is 33.2 Å². The Labute approximate surface area is 140 Å². The van der Waals surface area contributed by atoms with E-state index in [1.165, 1.54) is 0 Å². The number of fused-ring (bicyclic) bond motifs is 1. The molecule has 1 aromatic carbocycles. The lowest BCUT2D eigenvalue weighted by atomic mass is 10.0. The predicted molar refractivity (Wildman–Crippen MR) is 93.4 cm³/mol. The van der Waals surface area contributed by atoms with Gasteiger partial charge in [0.05, 0.1) is 12.5 Å². The van der Waals surface area contributed by atoms with Crippen molar-refractivity contribution in [2.45, 2.75) is 31.9 Å². The minimum absolute atomic E-state index is 0.218. The Kier molecular flexibility index (Phi) is 3.86. The van der Waals surface area contributed by atoms with Crippen molar-refractivity contribution >= 4 is 5.52 Å². The van der Waals surface area contributed by atoms with Crippen molar-refractivity contribution < 1.29 is 9.84 Å². The summed E-state index contributed by atoms with van der Waals surface area (Å²) in [5, 5.41) is 12.9. The van der Waals surface area contributed by atoms with E-state index in [0.29, 0.717) is 6.04 Å². The third-order valence-corrected chi connectivity index (χ3v) is 4.55. The number of imidazole rings is 1. The van der Waals surface area contributed by atoms with Crippen LogP contribution in [0.15, 0.2) is 49.1 Å². The van der Waals surface area contributed by atoms with Gasteiger partial charge in [-0.2, -0.15) is 0 Å². The monoisotopic (exact) mass is 323 g/mol. The van der Waals surface area contributed by atoms with Crippen LogP contribution in [0, 0.1) is 0 Å². The Morgan fingerprint density at radius 2 is 2.08 bits per heavy atom. The number of ether oxygens (including phenoxy) is 1. The minimum atomic E-state index is 0.218. The van der Waals surface area contributed by atoms with Gasteiger partial charge in [0.15, 0.2) is 0 Å². The van der Waals surface area contributed by atoms with E-state index in [4.69, 9.17) is 4.74 Å². The fraction of sp³-hybridized carbons (Fsp3) is 0.316. The molecule has 2 aromatic heterocycles. The van der Waals surface area contributed by atoms with Crippen molar-refractivity contribution in [3.63, 3.8) is 0 Å². The zero-order chi connectivity index (χ0) is 16.5. The molecule has 1 saturated heterocycles. The van der Waals surface area contributed by atoms with Crippen LogP contribution in [0.1, 0.15) is 19.8 Å². The number of aromatic nitrogens is 2. The van der Waals surface area contributed by atoms with Crippen LogP contribution >= 0.6 is 0 Å². The largest absolute Gasteiger partial charge is 0.508 e. The quantitative estimate of drug-likeness (QED) is 0.777. The van der Waals surface area contributed by atoms with E-state index in [2.05, 4.69) is 23.3 Å². The van der Waals surface area contributed by atoms with E-state index in [1.807, 2.05) is 28.9 Å². The first-order valence-corrected chi connectivity index (χ1v) is 8.34. The number of hydrogen-bond donors (Lipinski definition) is 2. The first-order valence-electron chi connectivity index (χ1n) is 8.34. The van der Waals surface area contributed by atoms with Gasteiger partial charge in [-0.3, -0.25) is 0 Å². The summed E-state index contributed by atoms with van der Waals surface area (Å²) in [6.45, 7) is 3.18. The lowest BCUT2D eigenvalue weighted by Crippen LogP contribution is -2.40. The number of phenols is 1. The van der Waals surface area contributed by atoms with Gasteiger partial charge in [0.25, 0.3) is 0 Å². The van der Waals surface area contributed by atoms with Crippen LogP contribution in [0.4, 0.5) is 0 Å². The molecule has 0 radical (unpaired) electrons. The number of pyridine rings is 1. The van der Waals surface area contributed by atoms with Gasteiger partial charge in [-0.15, -0.1) is 0 Å². The number of phenolic OH excluding ortho intramolecular Hbond substituents is 1. The topological polar surface area (TPSA) is 58.8 Å². The third-order valence-electron chi connectivity index (χ3n) is 4.55. The first kappa shape index (κ1) is 15.0. The summed E-state index contributed by atoms with van der Waals surface area (Å²) < 4.78 is 8.32. The number of nitrogens with zero attached hydrogens (tertiary/aromatic N) is 2. The van der Waals surface area contributed by atoms with Crippen molar-refractivity contribution in [2.24, 2.45) is 0 Å². The molecule has 2 N–H and O–H groups in total. The molecule has 0 bridgehead atoms. The SMILES string of the molecule is C[C@@H]1C[C@H](Oc2cc(-c3ccc(O)cc3)cn3cncc23)CCN1. The second-order valence-electron chi connectivity index (χ2n) is 6.45. The summed E-state index contributed by atoms with van der Waals surface area (Å²) in [6.07, 6.45) is 7.89. The number of hydrogen-bond acceptors (Lipinski definition) is 4. The van der Waals surface area contributed by atoms with Crippen molar-refractivity contribution in [1.82, 2.24) is 14.7 Å². The van der Waals surface area contributed by atoms with Crippen LogP contribution < -0.4 is 10.1 Å². The summed E-state index contributed by atoms with van der Waals surface area (Å²) >= 11 is 0. The number of benzene rings is 1. The van der Waals surface area contributed by atoms with Gasteiger partial charge in [0, 0.05) is 17.8 Å². The maximum atomic E-state index is 9.49. The minimum Gasteiger partial charge on any atom is -0.508 e. The summed E-state index contributed by atoms with van der Waals surface area (Å²) in [5.74, 6) is 1.12. The summed E-state index contributed by atoms with van der Waals surface area (Å²) in [7, 11) is 0. The molecule has 24 heavy (non-hydrogen) atoms. The maximum absolute atomic E-state index is 9.49. The molecule has 1 aliphatic rings. The molecular weight excluding hydrogens is 302 g/mol. The lowest BCUT2D eigenvalue weighted by molar-refractivity contribution is 0.145. The molecule has 3 aromatic rings. The molecule has 0 unspecified atom stereocenters. The fourth-order valence-corrected chi connectivity index (χ4v) is 3.28. The van der Waals surface area contributed by atoms with E-state index in [9.17, 15) is 5.11 Å². The molecule has 2 atom stereocenters. The Morgan fingerprint density at radius 1 is 1.25 bits per heavy atom. The predicted octanol–water partition coefficient (Wildman–Crippen LogP) is 3.23. The van der Waals surface area contributed by atoms with Crippen LogP contribution in [-0.2, 0) is 0 Å². The van der Waals surface area contributed by atoms with Crippen LogP contribution in [0.3, 0.4) is 0 Å². The summed E-state index contributed by atoms with van der Waals surface area (Å²) in [6, 6.07) is 9.75. The average molecular weight is 323 g/mol. The standard InChI is InChI=1S/C19H21N3O2/c1-13-8-17(6-7-21-13)24-19-9-15(11-22-12-20-10-18(19)22)14-2-4-16(23)5-3-14/h2-5,9-13,17,21,23H,6-8H2,1H3/t13-,17-/m1/s1. The van der Waals surface area contributed by atoms with Gasteiger partial charge in [-0.1, -0.05) is 12.1 Å².